The Morgan fingerprint density at radius 1 is 1.60 bits per heavy atom. The Morgan fingerprint density at radius 2 is 2.25 bits per heavy atom. The summed E-state index contributed by atoms with van der Waals surface area (Å²) in [5, 5.41) is 3.61. The van der Waals surface area contributed by atoms with Gasteiger partial charge in [0.15, 0.2) is 5.69 Å². The van der Waals surface area contributed by atoms with Crippen molar-refractivity contribution in [1.82, 2.24) is 10.3 Å². The van der Waals surface area contributed by atoms with Crippen molar-refractivity contribution in [3.8, 4) is 0 Å². The first-order valence-corrected chi connectivity index (χ1v) is 7.65. The predicted molar refractivity (Wildman–Crippen MR) is 77.2 cm³/mol. The van der Waals surface area contributed by atoms with Crippen molar-refractivity contribution in [2.24, 2.45) is 5.73 Å². The van der Waals surface area contributed by atoms with Crippen molar-refractivity contribution >= 4 is 41.4 Å². The smallest absolute Gasteiger partial charge is 0.348 e. The van der Waals surface area contributed by atoms with E-state index < -0.39 is 17.9 Å². The minimum absolute atomic E-state index is 0. The molecule has 20 heavy (non-hydrogen) atoms. The molecule has 1 aromatic rings. The molecule has 0 spiro atoms. The van der Waals surface area contributed by atoms with Gasteiger partial charge >= 0.3 is 6.18 Å². The number of carbonyl (C=O) groups is 1. The molecule has 0 radical (unpaired) electrons. The SMILES string of the molecule is CSCC[C@H](N)C(=O)NCc1nc(C(F)(F)F)cs1.Cl. The number of amides is 1. The number of nitrogens with one attached hydrogen (secondary N) is 1. The molecule has 116 valence electrons. The van der Waals surface area contributed by atoms with Gasteiger partial charge in [-0.1, -0.05) is 0 Å². The maximum atomic E-state index is 12.3. The van der Waals surface area contributed by atoms with E-state index in [1.165, 1.54) is 0 Å². The highest BCUT2D eigenvalue weighted by Gasteiger charge is 2.33. The first-order valence-electron chi connectivity index (χ1n) is 5.38. The Balaban J connectivity index is 0.00000361. The zero-order chi connectivity index (χ0) is 14.5. The standard InChI is InChI=1S/C10H14F3N3OS2.ClH/c1-18-3-2-6(14)9(17)15-4-8-16-7(5-19-8)10(11,12)13;/h5-6H,2-4,14H2,1H3,(H,15,17);1H/t6-;/m0./s1. The molecule has 1 aromatic heterocycles. The lowest BCUT2D eigenvalue weighted by molar-refractivity contribution is -0.140. The first kappa shape index (κ1) is 19.5. The molecular weight excluding hydrogens is 335 g/mol. The summed E-state index contributed by atoms with van der Waals surface area (Å²) in [6, 6.07) is -0.644. The van der Waals surface area contributed by atoms with E-state index in [9.17, 15) is 18.0 Å². The molecule has 0 saturated heterocycles. The Hall–Kier alpha value is -0.510. The van der Waals surface area contributed by atoms with Gasteiger partial charge in [0, 0.05) is 5.38 Å². The number of halogens is 4. The van der Waals surface area contributed by atoms with Gasteiger partial charge in [-0.05, 0) is 18.4 Å². The molecule has 0 aliphatic heterocycles. The number of nitrogens with two attached hydrogens (primary N) is 1. The molecule has 0 aliphatic carbocycles. The van der Waals surface area contributed by atoms with Gasteiger partial charge in [0.2, 0.25) is 5.91 Å². The quantitative estimate of drug-likeness (QED) is 0.826. The third-order valence-corrected chi connectivity index (χ3v) is 3.72. The van der Waals surface area contributed by atoms with Gasteiger partial charge in [-0.3, -0.25) is 4.79 Å². The van der Waals surface area contributed by atoms with E-state index in [-0.39, 0.29) is 29.9 Å². The zero-order valence-corrected chi connectivity index (χ0v) is 13.0. The normalized spacial score (nSPS) is 12.7. The second-order valence-corrected chi connectivity index (χ2v) is 5.66. The third kappa shape index (κ3) is 6.29. The molecule has 1 atom stereocenters. The lowest BCUT2D eigenvalue weighted by Crippen LogP contribution is -2.40. The largest absolute Gasteiger partial charge is 0.434 e. The van der Waals surface area contributed by atoms with Crippen LogP contribution in [0.5, 0.6) is 0 Å². The lowest BCUT2D eigenvalue weighted by atomic mass is 10.2. The average molecular weight is 350 g/mol. The maximum Gasteiger partial charge on any atom is 0.434 e. The fourth-order valence-corrected chi connectivity index (χ4v) is 2.42. The fourth-order valence-electron chi connectivity index (χ4n) is 1.19. The van der Waals surface area contributed by atoms with E-state index in [0.717, 1.165) is 22.5 Å². The first-order chi connectivity index (χ1) is 8.84. The van der Waals surface area contributed by atoms with Crippen molar-refractivity contribution < 1.29 is 18.0 Å². The van der Waals surface area contributed by atoms with Crippen LogP contribution in [0.3, 0.4) is 0 Å². The Morgan fingerprint density at radius 3 is 2.75 bits per heavy atom. The molecule has 0 aromatic carbocycles. The van der Waals surface area contributed by atoms with Crippen LogP contribution >= 0.6 is 35.5 Å². The highest BCUT2D eigenvalue weighted by molar-refractivity contribution is 7.98. The number of hydrogen-bond donors (Lipinski definition) is 2. The molecular formula is C10H15ClF3N3OS2. The molecule has 3 N–H and O–H groups in total. The second-order valence-electron chi connectivity index (χ2n) is 3.73. The van der Waals surface area contributed by atoms with Crippen LogP contribution in [-0.2, 0) is 17.5 Å². The van der Waals surface area contributed by atoms with Crippen molar-refractivity contribution in [2.75, 3.05) is 12.0 Å². The second kappa shape index (κ2) is 8.71. The van der Waals surface area contributed by atoms with E-state index in [1.807, 2.05) is 6.26 Å². The van der Waals surface area contributed by atoms with Gasteiger partial charge in [-0.2, -0.15) is 24.9 Å². The summed E-state index contributed by atoms with van der Waals surface area (Å²) in [5.41, 5.74) is 4.68. The van der Waals surface area contributed by atoms with E-state index in [1.54, 1.807) is 11.8 Å². The van der Waals surface area contributed by atoms with Crippen LogP contribution < -0.4 is 11.1 Å². The molecule has 0 aliphatic rings. The van der Waals surface area contributed by atoms with Gasteiger partial charge in [0.05, 0.1) is 12.6 Å². The van der Waals surface area contributed by atoms with Crippen LogP contribution in [0, 0.1) is 0 Å². The number of rotatable bonds is 6. The van der Waals surface area contributed by atoms with Crippen LogP contribution in [0.15, 0.2) is 5.38 Å². The van der Waals surface area contributed by atoms with Crippen molar-refractivity contribution in [3.05, 3.63) is 16.1 Å². The van der Waals surface area contributed by atoms with Crippen LogP contribution in [-0.4, -0.2) is 28.9 Å². The number of nitrogens with zero attached hydrogens (tertiary/aromatic N) is 1. The molecule has 1 amide bonds. The lowest BCUT2D eigenvalue weighted by Gasteiger charge is -2.10. The van der Waals surface area contributed by atoms with E-state index >= 15 is 0 Å². The van der Waals surface area contributed by atoms with Crippen LogP contribution in [0.4, 0.5) is 13.2 Å². The van der Waals surface area contributed by atoms with Gasteiger partial charge in [-0.15, -0.1) is 23.7 Å². The number of hydrogen-bond acceptors (Lipinski definition) is 5. The Labute approximate surface area is 129 Å². The molecule has 4 nitrogen and oxygen atoms in total. The molecule has 0 saturated carbocycles. The van der Waals surface area contributed by atoms with Gasteiger partial charge in [0.1, 0.15) is 5.01 Å². The molecule has 1 heterocycles. The Kier molecular flexibility index (Phi) is 8.48. The number of carbonyl (C=O) groups excluding carboxylic acids is 1. The van der Waals surface area contributed by atoms with Crippen molar-refractivity contribution in [2.45, 2.75) is 25.2 Å². The summed E-state index contributed by atoms with van der Waals surface area (Å²) < 4.78 is 36.9. The van der Waals surface area contributed by atoms with Crippen LogP contribution in [0.25, 0.3) is 0 Å². The molecule has 10 heteroatoms. The van der Waals surface area contributed by atoms with Crippen LogP contribution in [0.2, 0.25) is 0 Å². The number of thiazole rings is 1. The third-order valence-electron chi connectivity index (χ3n) is 2.23. The Bertz CT molecular complexity index is 428. The minimum Gasteiger partial charge on any atom is -0.348 e. The monoisotopic (exact) mass is 349 g/mol. The highest BCUT2D eigenvalue weighted by atomic mass is 35.5. The zero-order valence-electron chi connectivity index (χ0n) is 10.6. The highest BCUT2D eigenvalue weighted by Crippen LogP contribution is 2.29. The molecule has 0 unspecified atom stereocenters. The van der Waals surface area contributed by atoms with E-state index in [4.69, 9.17) is 5.73 Å². The predicted octanol–water partition coefficient (Wildman–Crippen LogP) is 2.28. The van der Waals surface area contributed by atoms with Gasteiger partial charge < -0.3 is 11.1 Å². The number of aromatic nitrogens is 1. The van der Waals surface area contributed by atoms with Crippen molar-refractivity contribution in [3.63, 3.8) is 0 Å². The van der Waals surface area contributed by atoms with E-state index in [0.29, 0.717) is 6.42 Å². The average Bonchev–Trinajstić information content (AvgIpc) is 2.81. The topological polar surface area (TPSA) is 68.0 Å². The summed E-state index contributed by atoms with van der Waals surface area (Å²) in [4.78, 5) is 14.9. The summed E-state index contributed by atoms with van der Waals surface area (Å²) >= 11 is 2.43. The van der Waals surface area contributed by atoms with Crippen LogP contribution in [0.1, 0.15) is 17.1 Å². The summed E-state index contributed by atoms with van der Waals surface area (Å²) in [6.45, 7) is -0.0352. The molecule has 0 fully saturated rings. The van der Waals surface area contributed by atoms with E-state index in [2.05, 4.69) is 10.3 Å². The molecule has 1 rings (SSSR count). The number of alkyl halides is 3. The minimum atomic E-state index is -4.45. The summed E-state index contributed by atoms with van der Waals surface area (Å²) in [6.07, 6.45) is -2.02. The molecule has 0 bridgehead atoms. The summed E-state index contributed by atoms with van der Waals surface area (Å²) in [7, 11) is 0. The van der Waals surface area contributed by atoms with Crippen molar-refractivity contribution in [1.29, 1.82) is 0 Å². The van der Waals surface area contributed by atoms with Gasteiger partial charge in [0.25, 0.3) is 0 Å². The maximum absolute atomic E-state index is 12.3. The fraction of sp³-hybridized carbons (Fsp3) is 0.600. The van der Waals surface area contributed by atoms with Gasteiger partial charge in [-0.25, -0.2) is 4.98 Å². The number of thioether (sulfide) groups is 1. The summed E-state index contributed by atoms with van der Waals surface area (Å²) in [5.74, 6) is 0.377.